The van der Waals surface area contributed by atoms with Gasteiger partial charge in [0.05, 0.1) is 5.69 Å². The second-order valence-electron chi connectivity index (χ2n) is 4.34. The summed E-state index contributed by atoms with van der Waals surface area (Å²) in [6.45, 7) is 3.96. The molecule has 1 aromatic carbocycles. The minimum Gasteiger partial charge on any atom is -0.441 e. The Balaban J connectivity index is 2.24. The van der Waals surface area contributed by atoms with E-state index in [-0.39, 0.29) is 0 Å². The molecule has 0 unspecified atom stereocenters. The maximum atomic E-state index is 13.6. The monoisotopic (exact) mass is 272 g/mol. The summed E-state index contributed by atoms with van der Waals surface area (Å²) >= 11 is 0. The highest BCUT2D eigenvalue weighted by molar-refractivity contribution is 5.47. The van der Waals surface area contributed by atoms with E-state index in [4.69, 9.17) is 4.74 Å². The van der Waals surface area contributed by atoms with Crippen LogP contribution in [0.3, 0.4) is 0 Å². The van der Waals surface area contributed by atoms with Crippen LogP contribution in [-0.2, 0) is 0 Å². The molecule has 0 radical (unpaired) electrons. The standard InChI is InChI=1S/C16H17FN2O/c1-3-12(2)16(20-13-8-5-4-6-9-13)19-14-10-7-11-18-15(14)17/h4-11,19H,3H2,1-2H3/b16-12+. The third kappa shape index (κ3) is 3.57. The molecule has 0 saturated heterocycles. The number of rotatable bonds is 5. The number of nitrogens with one attached hydrogen (secondary N) is 1. The lowest BCUT2D eigenvalue weighted by molar-refractivity contribution is 0.422. The normalized spacial score (nSPS) is 11.8. The smallest absolute Gasteiger partial charge is 0.236 e. The van der Waals surface area contributed by atoms with Crippen LogP contribution in [0.4, 0.5) is 10.1 Å². The van der Waals surface area contributed by atoms with Gasteiger partial charge in [-0.1, -0.05) is 25.1 Å². The van der Waals surface area contributed by atoms with Crippen LogP contribution >= 0.6 is 0 Å². The number of nitrogens with zero attached hydrogens (tertiary/aromatic N) is 1. The van der Waals surface area contributed by atoms with E-state index in [0.29, 0.717) is 17.3 Å². The molecular formula is C16H17FN2O. The van der Waals surface area contributed by atoms with Gasteiger partial charge in [-0.25, -0.2) is 4.98 Å². The molecular weight excluding hydrogens is 255 g/mol. The van der Waals surface area contributed by atoms with Crippen molar-refractivity contribution in [2.24, 2.45) is 0 Å². The lowest BCUT2D eigenvalue weighted by atomic mass is 10.2. The molecule has 0 aliphatic heterocycles. The number of pyridine rings is 1. The van der Waals surface area contributed by atoms with Gasteiger partial charge in [0.15, 0.2) is 5.88 Å². The van der Waals surface area contributed by atoms with E-state index in [1.165, 1.54) is 6.20 Å². The highest BCUT2D eigenvalue weighted by atomic mass is 19.1. The van der Waals surface area contributed by atoms with Gasteiger partial charge in [0, 0.05) is 6.20 Å². The van der Waals surface area contributed by atoms with Crippen LogP contribution < -0.4 is 10.1 Å². The van der Waals surface area contributed by atoms with Crippen molar-refractivity contribution in [2.45, 2.75) is 20.3 Å². The van der Waals surface area contributed by atoms with Crippen molar-refractivity contribution >= 4 is 5.69 Å². The van der Waals surface area contributed by atoms with Gasteiger partial charge >= 0.3 is 0 Å². The first-order chi connectivity index (χ1) is 9.70. The molecule has 0 bridgehead atoms. The zero-order valence-corrected chi connectivity index (χ0v) is 11.6. The minimum atomic E-state index is -0.550. The molecule has 2 rings (SSSR count). The van der Waals surface area contributed by atoms with Gasteiger partial charge in [0.2, 0.25) is 5.95 Å². The van der Waals surface area contributed by atoms with Crippen LogP contribution in [0.15, 0.2) is 60.1 Å². The van der Waals surface area contributed by atoms with Gasteiger partial charge in [-0.2, -0.15) is 4.39 Å². The molecule has 20 heavy (non-hydrogen) atoms. The number of anilines is 1. The zero-order chi connectivity index (χ0) is 14.4. The Kier molecular flexibility index (Phi) is 4.71. The Hall–Kier alpha value is -2.36. The molecule has 1 aromatic heterocycles. The van der Waals surface area contributed by atoms with Crippen molar-refractivity contribution in [1.82, 2.24) is 4.98 Å². The van der Waals surface area contributed by atoms with Crippen LogP contribution in [0, 0.1) is 5.95 Å². The van der Waals surface area contributed by atoms with Crippen LogP contribution in [0.1, 0.15) is 20.3 Å². The third-order valence-corrected chi connectivity index (χ3v) is 2.89. The summed E-state index contributed by atoms with van der Waals surface area (Å²) in [5.41, 5.74) is 1.29. The fourth-order valence-corrected chi connectivity index (χ4v) is 1.59. The molecule has 0 aliphatic rings. The van der Waals surface area contributed by atoms with Crippen molar-refractivity contribution in [3.05, 3.63) is 66.1 Å². The molecule has 0 aliphatic carbocycles. The largest absolute Gasteiger partial charge is 0.441 e. The van der Waals surface area contributed by atoms with Crippen molar-refractivity contribution in [2.75, 3.05) is 5.32 Å². The predicted octanol–water partition coefficient (Wildman–Crippen LogP) is 4.35. The Bertz CT molecular complexity index is 596. The second-order valence-corrected chi connectivity index (χ2v) is 4.34. The van der Waals surface area contributed by atoms with E-state index in [1.807, 2.05) is 44.2 Å². The number of halogens is 1. The fourth-order valence-electron chi connectivity index (χ4n) is 1.59. The van der Waals surface area contributed by atoms with E-state index < -0.39 is 5.95 Å². The lowest BCUT2D eigenvalue weighted by Crippen LogP contribution is -2.11. The molecule has 0 spiro atoms. The quantitative estimate of drug-likeness (QED) is 0.649. The van der Waals surface area contributed by atoms with Gasteiger partial charge in [0.25, 0.3) is 0 Å². The maximum Gasteiger partial charge on any atom is 0.236 e. The summed E-state index contributed by atoms with van der Waals surface area (Å²) in [4.78, 5) is 3.62. The molecule has 0 atom stereocenters. The number of hydrogen-bond donors (Lipinski definition) is 1. The zero-order valence-electron chi connectivity index (χ0n) is 11.6. The molecule has 4 heteroatoms. The molecule has 3 nitrogen and oxygen atoms in total. The summed E-state index contributed by atoms with van der Waals surface area (Å²) in [5.74, 6) is 0.684. The molecule has 104 valence electrons. The van der Waals surface area contributed by atoms with Crippen LogP contribution in [0.25, 0.3) is 0 Å². The van der Waals surface area contributed by atoms with Crippen molar-refractivity contribution in [1.29, 1.82) is 0 Å². The van der Waals surface area contributed by atoms with Gasteiger partial charge in [-0.15, -0.1) is 0 Å². The summed E-state index contributed by atoms with van der Waals surface area (Å²) in [6.07, 6.45) is 2.21. The van der Waals surface area contributed by atoms with Gasteiger partial charge in [0.1, 0.15) is 5.75 Å². The van der Waals surface area contributed by atoms with Gasteiger partial charge in [-0.05, 0) is 43.2 Å². The molecule has 1 heterocycles. The van der Waals surface area contributed by atoms with Crippen molar-refractivity contribution < 1.29 is 9.13 Å². The number of benzene rings is 1. The van der Waals surface area contributed by atoms with E-state index in [2.05, 4.69) is 10.3 Å². The van der Waals surface area contributed by atoms with Crippen LogP contribution in [0.5, 0.6) is 5.75 Å². The summed E-state index contributed by atoms with van der Waals surface area (Å²) in [5, 5.41) is 2.97. The van der Waals surface area contributed by atoms with Gasteiger partial charge < -0.3 is 10.1 Å². The minimum absolute atomic E-state index is 0.297. The first-order valence-electron chi connectivity index (χ1n) is 6.51. The summed E-state index contributed by atoms with van der Waals surface area (Å²) < 4.78 is 19.4. The van der Waals surface area contributed by atoms with Crippen molar-refractivity contribution in [3.63, 3.8) is 0 Å². The highest BCUT2D eigenvalue weighted by Gasteiger charge is 2.09. The number of aromatic nitrogens is 1. The number of ether oxygens (including phenoxy) is 1. The number of para-hydroxylation sites is 1. The molecule has 0 amide bonds. The van der Waals surface area contributed by atoms with E-state index in [9.17, 15) is 4.39 Å². The topological polar surface area (TPSA) is 34.2 Å². The molecule has 1 N–H and O–H groups in total. The van der Waals surface area contributed by atoms with Crippen LogP contribution in [0.2, 0.25) is 0 Å². The fraction of sp³-hybridized carbons (Fsp3) is 0.188. The molecule has 0 fully saturated rings. The SMILES string of the molecule is CC/C(C)=C(\Nc1cccnc1F)Oc1ccccc1. The highest BCUT2D eigenvalue weighted by Crippen LogP contribution is 2.20. The molecule has 0 saturated carbocycles. The van der Waals surface area contributed by atoms with E-state index in [0.717, 1.165) is 12.0 Å². The van der Waals surface area contributed by atoms with E-state index in [1.54, 1.807) is 12.1 Å². The average Bonchev–Trinajstić information content (AvgIpc) is 2.49. The predicted molar refractivity (Wildman–Crippen MR) is 77.9 cm³/mol. The summed E-state index contributed by atoms with van der Waals surface area (Å²) in [7, 11) is 0. The molecule has 2 aromatic rings. The maximum absolute atomic E-state index is 13.6. The first-order valence-corrected chi connectivity index (χ1v) is 6.51. The second kappa shape index (κ2) is 6.70. The first kappa shape index (κ1) is 14.1. The Morgan fingerprint density at radius 3 is 2.60 bits per heavy atom. The number of hydrogen-bond acceptors (Lipinski definition) is 3. The Labute approximate surface area is 118 Å². The summed E-state index contributed by atoms with van der Waals surface area (Å²) in [6, 6.07) is 12.7. The van der Waals surface area contributed by atoms with Gasteiger partial charge in [-0.3, -0.25) is 0 Å². The van der Waals surface area contributed by atoms with Crippen LogP contribution in [-0.4, -0.2) is 4.98 Å². The Morgan fingerprint density at radius 2 is 1.95 bits per heavy atom. The van der Waals surface area contributed by atoms with Crippen molar-refractivity contribution in [3.8, 4) is 5.75 Å². The average molecular weight is 272 g/mol. The lowest BCUT2D eigenvalue weighted by Gasteiger charge is -2.15. The van der Waals surface area contributed by atoms with E-state index >= 15 is 0 Å². The Morgan fingerprint density at radius 1 is 1.20 bits per heavy atom. The third-order valence-electron chi connectivity index (χ3n) is 2.89. The number of allylic oxidation sites excluding steroid dienone is 1.